The Morgan fingerprint density at radius 3 is 2.70 bits per heavy atom. The van der Waals surface area contributed by atoms with Crippen LogP contribution in [0.15, 0.2) is 30.9 Å². The first-order valence-electron chi connectivity index (χ1n) is 6.82. The van der Waals surface area contributed by atoms with Crippen LogP contribution in [0.3, 0.4) is 0 Å². The number of hydrogen-bond donors (Lipinski definition) is 1. The first-order valence-corrected chi connectivity index (χ1v) is 6.82. The molecule has 128 valence electrons. The topological polar surface area (TPSA) is 55.6 Å². The predicted molar refractivity (Wildman–Crippen MR) is 82.9 cm³/mol. The molecule has 1 fully saturated rings. The van der Waals surface area contributed by atoms with E-state index in [1.54, 1.807) is 0 Å². The van der Waals surface area contributed by atoms with Crippen molar-refractivity contribution < 1.29 is 22.7 Å². The molecule has 1 aliphatic heterocycles. The molecule has 1 aromatic carbocycles. The maximum absolute atomic E-state index is 12.9. The lowest BCUT2D eigenvalue weighted by molar-refractivity contribution is -0.137. The summed E-state index contributed by atoms with van der Waals surface area (Å²) in [6.45, 7) is 4.34. The molecule has 2 N–H and O–H groups in total. The summed E-state index contributed by atoms with van der Waals surface area (Å²) < 4.78 is 43.9. The van der Waals surface area contributed by atoms with E-state index in [2.05, 4.69) is 6.58 Å². The molecule has 4 nitrogen and oxygen atoms in total. The van der Waals surface area contributed by atoms with Gasteiger partial charge in [-0.15, -0.1) is 12.4 Å². The van der Waals surface area contributed by atoms with Crippen LogP contribution >= 0.6 is 12.4 Å². The minimum atomic E-state index is -4.52. The second-order valence-electron chi connectivity index (χ2n) is 5.11. The van der Waals surface area contributed by atoms with Crippen LogP contribution in [-0.2, 0) is 6.18 Å². The normalized spacial score (nSPS) is 17.6. The zero-order valence-corrected chi connectivity index (χ0v) is 13.1. The lowest BCUT2D eigenvalue weighted by Crippen LogP contribution is -2.32. The number of halogens is 4. The van der Waals surface area contributed by atoms with Crippen LogP contribution in [0.4, 0.5) is 13.2 Å². The molecule has 2 rings (SSSR count). The van der Waals surface area contributed by atoms with Gasteiger partial charge in [-0.05, 0) is 24.6 Å². The van der Waals surface area contributed by atoms with E-state index < -0.39 is 17.6 Å². The van der Waals surface area contributed by atoms with Crippen molar-refractivity contribution in [2.75, 3.05) is 19.7 Å². The summed E-state index contributed by atoms with van der Waals surface area (Å²) in [6, 6.07) is 2.73. The van der Waals surface area contributed by atoms with Crippen LogP contribution in [0.2, 0.25) is 0 Å². The minimum Gasteiger partial charge on any atom is -0.489 e. The van der Waals surface area contributed by atoms with E-state index in [9.17, 15) is 18.0 Å². The molecule has 1 aromatic rings. The summed E-state index contributed by atoms with van der Waals surface area (Å²) in [5.41, 5.74) is 4.75. The highest BCUT2D eigenvalue weighted by molar-refractivity contribution is 5.97. The van der Waals surface area contributed by atoms with Crippen LogP contribution in [0.5, 0.6) is 5.75 Å². The molecule has 0 unspecified atom stereocenters. The van der Waals surface area contributed by atoms with E-state index >= 15 is 0 Å². The number of carbonyl (C=O) groups is 1. The van der Waals surface area contributed by atoms with Crippen molar-refractivity contribution in [2.45, 2.75) is 18.6 Å². The maximum atomic E-state index is 12.9. The molecule has 8 heteroatoms. The molecule has 0 bridgehead atoms. The van der Waals surface area contributed by atoms with Gasteiger partial charge in [-0.25, -0.2) is 0 Å². The Morgan fingerprint density at radius 2 is 2.17 bits per heavy atom. The highest BCUT2D eigenvalue weighted by Gasteiger charge is 2.33. The predicted octanol–water partition coefficient (Wildman–Crippen LogP) is 2.87. The van der Waals surface area contributed by atoms with Gasteiger partial charge in [0.1, 0.15) is 12.4 Å². The maximum Gasteiger partial charge on any atom is 0.416 e. The lowest BCUT2D eigenvalue weighted by atomic mass is 10.1. The third-order valence-electron chi connectivity index (χ3n) is 3.41. The SMILES string of the molecule is C=CCOc1ccc(C(F)(F)F)cc1C(=O)N1CC[C@@H](N)C1.Cl. The number of hydrogen-bond acceptors (Lipinski definition) is 3. The van der Waals surface area contributed by atoms with Gasteiger partial charge in [0.15, 0.2) is 0 Å². The first kappa shape index (κ1) is 19.3. The van der Waals surface area contributed by atoms with Gasteiger partial charge < -0.3 is 15.4 Å². The Labute approximate surface area is 138 Å². The molecule has 23 heavy (non-hydrogen) atoms. The second kappa shape index (κ2) is 7.70. The van der Waals surface area contributed by atoms with E-state index in [0.29, 0.717) is 19.5 Å². The quantitative estimate of drug-likeness (QED) is 0.849. The van der Waals surface area contributed by atoms with Gasteiger partial charge in [0, 0.05) is 19.1 Å². The Hall–Kier alpha value is -1.73. The second-order valence-corrected chi connectivity index (χ2v) is 5.11. The number of nitrogens with two attached hydrogens (primary N) is 1. The van der Waals surface area contributed by atoms with E-state index in [4.69, 9.17) is 10.5 Å². The Kier molecular flexibility index (Phi) is 6.47. The number of nitrogens with zero attached hydrogens (tertiary/aromatic N) is 1. The monoisotopic (exact) mass is 350 g/mol. The van der Waals surface area contributed by atoms with Gasteiger partial charge in [0.2, 0.25) is 0 Å². The summed E-state index contributed by atoms with van der Waals surface area (Å²) in [5, 5.41) is 0. The minimum absolute atomic E-state index is 0. The fraction of sp³-hybridized carbons (Fsp3) is 0.400. The molecular weight excluding hydrogens is 333 g/mol. The fourth-order valence-electron chi connectivity index (χ4n) is 2.29. The molecule has 1 amide bonds. The van der Waals surface area contributed by atoms with Gasteiger partial charge in [-0.2, -0.15) is 13.2 Å². The third-order valence-corrected chi connectivity index (χ3v) is 3.41. The smallest absolute Gasteiger partial charge is 0.416 e. The van der Waals surface area contributed by atoms with Gasteiger partial charge in [0.05, 0.1) is 11.1 Å². The molecule has 0 saturated carbocycles. The number of carbonyl (C=O) groups excluding carboxylic acids is 1. The van der Waals surface area contributed by atoms with E-state index in [-0.39, 0.29) is 36.4 Å². The van der Waals surface area contributed by atoms with Crippen LogP contribution in [0.1, 0.15) is 22.3 Å². The summed E-state index contributed by atoms with van der Waals surface area (Å²) >= 11 is 0. The molecule has 1 aliphatic rings. The van der Waals surface area contributed by atoms with Crippen LogP contribution in [0, 0.1) is 0 Å². The molecule has 0 aliphatic carbocycles. The molecule has 0 aromatic heterocycles. The van der Waals surface area contributed by atoms with Crippen molar-refractivity contribution in [1.29, 1.82) is 0 Å². The Morgan fingerprint density at radius 1 is 1.48 bits per heavy atom. The number of ether oxygens (including phenoxy) is 1. The van der Waals surface area contributed by atoms with Crippen molar-refractivity contribution in [3.8, 4) is 5.75 Å². The van der Waals surface area contributed by atoms with E-state index in [0.717, 1.165) is 18.2 Å². The highest BCUT2D eigenvalue weighted by Crippen LogP contribution is 2.33. The molecule has 0 spiro atoms. The largest absolute Gasteiger partial charge is 0.489 e. The third kappa shape index (κ3) is 4.62. The van der Waals surface area contributed by atoms with Crippen molar-refractivity contribution in [2.24, 2.45) is 5.73 Å². The Balaban J connectivity index is 0.00000264. The standard InChI is InChI=1S/C15H17F3N2O2.ClH/c1-2-7-22-13-4-3-10(15(16,17)18)8-12(13)14(21)20-6-5-11(19)9-20;/h2-4,8,11H,1,5-7,9,19H2;1H/t11-;/m1./s1. The van der Waals surface area contributed by atoms with Crippen LogP contribution < -0.4 is 10.5 Å². The van der Waals surface area contributed by atoms with Gasteiger partial charge in [0.25, 0.3) is 5.91 Å². The zero-order chi connectivity index (χ0) is 16.3. The number of amides is 1. The summed E-state index contributed by atoms with van der Waals surface area (Å²) in [4.78, 5) is 13.9. The number of rotatable bonds is 4. The molecule has 1 heterocycles. The molecule has 1 atom stereocenters. The van der Waals surface area contributed by atoms with Crippen LogP contribution in [0.25, 0.3) is 0 Å². The van der Waals surface area contributed by atoms with Gasteiger partial charge >= 0.3 is 6.18 Å². The zero-order valence-electron chi connectivity index (χ0n) is 12.3. The van der Waals surface area contributed by atoms with Crippen molar-refractivity contribution in [3.05, 3.63) is 42.0 Å². The Bertz CT molecular complexity index is 578. The van der Waals surface area contributed by atoms with Crippen LogP contribution in [-0.4, -0.2) is 36.5 Å². The lowest BCUT2D eigenvalue weighted by Gasteiger charge is -2.19. The fourth-order valence-corrected chi connectivity index (χ4v) is 2.29. The molecular formula is C15H18ClF3N2O2. The van der Waals surface area contributed by atoms with Crippen molar-refractivity contribution in [1.82, 2.24) is 4.90 Å². The highest BCUT2D eigenvalue weighted by atomic mass is 35.5. The average Bonchev–Trinajstić information content (AvgIpc) is 2.89. The van der Waals surface area contributed by atoms with Gasteiger partial charge in [-0.3, -0.25) is 4.79 Å². The number of benzene rings is 1. The van der Waals surface area contributed by atoms with Crippen molar-refractivity contribution >= 4 is 18.3 Å². The average molecular weight is 351 g/mol. The summed E-state index contributed by atoms with van der Waals surface area (Å²) in [5.74, 6) is -0.392. The van der Waals surface area contributed by atoms with E-state index in [1.165, 1.54) is 11.0 Å². The number of alkyl halides is 3. The summed E-state index contributed by atoms with van der Waals surface area (Å²) in [6.07, 6.45) is -2.43. The van der Waals surface area contributed by atoms with Crippen molar-refractivity contribution in [3.63, 3.8) is 0 Å². The molecule has 0 radical (unpaired) electrons. The number of likely N-dealkylation sites (tertiary alicyclic amines) is 1. The first-order chi connectivity index (χ1) is 10.3. The van der Waals surface area contributed by atoms with Gasteiger partial charge in [-0.1, -0.05) is 12.7 Å². The van der Waals surface area contributed by atoms with E-state index in [1.807, 2.05) is 0 Å². The molecule has 1 saturated heterocycles. The summed E-state index contributed by atoms with van der Waals surface area (Å²) in [7, 11) is 0.